The van der Waals surface area contributed by atoms with Gasteiger partial charge in [0.25, 0.3) is 5.91 Å². The highest BCUT2D eigenvalue weighted by molar-refractivity contribution is 5.94. The molecule has 21 heavy (non-hydrogen) atoms. The lowest BCUT2D eigenvalue weighted by atomic mass is 10.0. The van der Waals surface area contributed by atoms with Gasteiger partial charge in [0.15, 0.2) is 0 Å². The number of nitrogens with one attached hydrogen (secondary N) is 1. The summed E-state index contributed by atoms with van der Waals surface area (Å²) >= 11 is 0. The Labute approximate surface area is 123 Å². The van der Waals surface area contributed by atoms with Crippen molar-refractivity contribution in [3.05, 3.63) is 29.3 Å². The minimum absolute atomic E-state index is 0.124. The highest BCUT2D eigenvalue weighted by Crippen LogP contribution is 2.23. The molecule has 0 saturated carbocycles. The Balaban J connectivity index is 2.03. The molecule has 1 aromatic carbocycles. The molecule has 1 saturated heterocycles. The Morgan fingerprint density at radius 2 is 2.00 bits per heavy atom. The number of halogens is 2. The van der Waals surface area contributed by atoms with Gasteiger partial charge >= 0.3 is 0 Å². The van der Waals surface area contributed by atoms with Gasteiger partial charge in [0.05, 0.1) is 11.3 Å². The van der Waals surface area contributed by atoms with E-state index in [1.807, 2.05) is 0 Å². The van der Waals surface area contributed by atoms with Crippen molar-refractivity contribution in [3.8, 4) is 0 Å². The molecule has 1 amide bonds. The maximum atomic E-state index is 13.8. The lowest BCUT2D eigenvalue weighted by Crippen LogP contribution is -2.39. The summed E-state index contributed by atoms with van der Waals surface area (Å²) in [6.07, 6.45) is 2.90. The van der Waals surface area contributed by atoms with E-state index in [4.69, 9.17) is 5.73 Å². The van der Waals surface area contributed by atoms with Gasteiger partial charge in [-0.1, -0.05) is 6.92 Å². The number of carbonyl (C=O) groups excluding carboxylic acids is 1. The number of anilines is 1. The monoisotopic (exact) mass is 297 g/mol. The van der Waals surface area contributed by atoms with Crippen molar-refractivity contribution in [2.75, 3.05) is 25.0 Å². The van der Waals surface area contributed by atoms with E-state index in [-0.39, 0.29) is 17.3 Å². The summed E-state index contributed by atoms with van der Waals surface area (Å²) in [5, 5.41) is 3.06. The Morgan fingerprint density at radius 1 is 1.33 bits per heavy atom. The van der Waals surface area contributed by atoms with E-state index >= 15 is 0 Å². The van der Waals surface area contributed by atoms with Crippen molar-refractivity contribution in [3.63, 3.8) is 0 Å². The fourth-order valence-electron chi connectivity index (χ4n) is 2.69. The van der Waals surface area contributed by atoms with Crippen LogP contribution in [-0.2, 0) is 0 Å². The van der Waals surface area contributed by atoms with E-state index in [1.54, 1.807) is 0 Å². The minimum atomic E-state index is -0.927. The van der Waals surface area contributed by atoms with Gasteiger partial charge in [-0.3, -0.25) is 4.79 Å². The molecule has 1 aromatic rings. The topological polar surface area (TPSA) is 58.4 Å². The molecule has 0 radical (unpaired) electrons. The number of piperidine rings is 1. The molecule has 3 N–H and O–H groups in total. The number of nitrogens with two attached hydrogens (primary N) is 1. The third kappa shape index (κ3) is 3.91. The second-order valence-electron chi connectivity index (χ2n) is 5.44. The van der Waals surface area contributed by atoms with Gasteiger partial charge in [-0.05, 0) is 31.9 Å². The largest absolute Gasteiger partial charge is 0.380 e. The number of benzene rings is 1. The van der Waals surface area contributed by atoms with Crippen LogP contribution in [0.1, 0.15) is 36.5 Å². The van der Waals surface area contributed by atoms with Crippen LogP contribution in [0.2, 0.25) is 0 Å². The molecule has 1 aliphatic heterocycles. The Bertz CT molecular complexity index is 514. The van der Waals surface area contributed by atoms with E-state index < -0.39 is 17.5 Å². The first-order chi connectivity index (χ1) is 10.0. The van der Waals surface area contributed by atoms with Crippen LogP contribution in [-0.4, -0.2) is 36.5 Å². The van der Waals surface area contributed by atoms with Gasteiger partial charge in [-0.25, -0.2) is 8.78 Å². The molecule has 2 rings (SSSR count). The Morgan fingerprint density at radius 3 is 2.57 bits per heavy atom. The highest BCUT2D eigenvalue weighted by Gasteiger charge is 2.21. The van der Waals surface area contributed by atoms with Crippen LogP contribution < -0.4 is 11.1 Å². The lowest BCUT2D eigenvalue weighted by Gasteiger charge is -2.32. The lowest BCUT2D eigenvalue weighted by molar-refractivity contribution is 0.0996. The van der Waals surface area contributed by atoms with Gasteiger partial charge in [-0.15, -0.1) is 0 Å². The number of carbonyl (C=O) groups is 1. The smallest absolute Gasteiger partial charge is 0.251 e. The quantitative estimate of drug-likeness (QED) is 0.877. The van der Waals surface area contributed by atoms with Crippen LogP contribution in [0.5, 0.6) is 0 Å². The zero-order chi connectivity index (χ0) is 15.4. The van der Waals surface area contributed by atoms with Crippen LogP contribution in [0, 0.1) is 11.6 Å². The second-order valence-corrected chi connectivity index (χ2v) is 5.44. The summed E-state index contributed by atoms with van der Waals surface area (Å²) in [4.78, 5) is 13.5. The van der Waals surface area contributed by atoms with Gasteiger partial charge < -0.3 is 16.0 Å². The van der Waals surface area contributed by atoms with Gasteiger partial charge in [-0.2, -0.15) is 0 Å². The fraction of sp³-hybridized carbons (Fsp3) is 0.533. The first kappa shape index (κ1) is 15.7. The molecule has 0 unspecified atom stereocenters. The number of likely N-dealkylation sites (tertiary alicyclic amines) is 1. The molecule has 116 valence electrons. The molecule has 1 fully saturated rings. The normalized spacial score (nSPS) is 16.9. The van der Waals surface area contributed by atoms with Crippen LogP contribution in [0.4, 0.5) is 14.5 Å². The highest BCUT2D eigenvalue weighted by atomic mass is 19.1. The zero-order valence-electron chi connectivity index (χ0n) is 12.2. The molecular formula is C15H21F2N3O. The SMILES string of the molecule is CCCN1CCC(Nc2cc(C(N)=O)c(F)cc2F)CC1. The average Bonchev–Trinajstić information content (AvgIpc) is 2.43. The van der Waals surface area contributed by atoms with E-state index in [0.717, 1.165) is 45.0 Å². The van der Waals surface area contributed by atoms with Crippen molar-refractivity contribution in [2.24, 2.45) is 5.73 Å². The predicted molar refractivity (Wildman–Crippen MR) is 78.3 cm³/mol. The van der Waals surface area contributed by atoms with Crippen molar-refractivity contribution >= 4 is 11.6 Å². The summed E-state index contributed by atoms with van der Waals surface area (Å²) in [7, 11) is 0. The molecule has 1 aliphatic rings. The second kappa shape index (κ2) is 6.85. The third-order valence-corrected chi connectivity index (χ3v) is 3.81. The van der Waals surface area contributed by atoms with Crippen molar-refractivity contribution in [1.29, 1.82) is 0 Å². The average molecular weight is 297 g/mol. The van der Waals surface area contributed by atoms with E-state index in [9.17, 15) is 13.6 Å². The van der Waals surface area contributed by atoms with E-state index in [0.29, 0.717) is 6.07 Å². The molecule has 4 nitrogen and oxygen atoms in total. The van der Waals surface area contributed by atoms with Crippen LogP contribution in [0.15, 0.2) is 12.1 Å². The first-order valence-electron chi connectivity index (χ1n) is 7.29. The summed E-state index contributed by atoms with van der Waals surface area (Å²) < 4.78 is 27.2. The van der Waals surface area contributed by atoms with Gasteiger partial charge in [0.1, 0.15) is 11.6 Å². The number of amides is 1. The summed E-state index contributed by atoms with van der Waals surface area (Å²) in [5.74, 6) is -2.52. The van der Waals surface area contributed by atoms with Crippen molar-refractivity contribution in [1.82, 2.24) is 4.90 Å². The molecule has 0 aliphatic carbocycles. The minimum Gasteiger partial charge on any atom is -0.380 e. The molecular weight excluding hydrogens is 276 g/mol. The Kier molecular flexibility index (Phi) is 5.12. The number of hydrogen-bond donors (Lipinski definition) is 2. The molecule has 0 bridgehead atoms. The third-order valence-electron chi connectivity index (χ3n) is 3.81. The maximum Gasteiger partial charge on any atom is 0.251 e. The van der Waals surface area contributed by atoms with Crippen LogP contribution in [0.3, 0.4) is 0 Å². The molecule has 0 aromatic heterocycles. The number of rotatable bonds is 5. The van der Waals surface area contributed by atoms with E-state index in [1.165, 1.54) is 0 Å². The van der Waals surface area contributed by atoms with Gasteiger partial charge in [0, 0.05) is 25.2 Å². The summed E-state index contributed by atoms with van der Waals surface area (Å²) in [5.41, 5.74) is 4.93. The molecule has 1 heterocycles. The first-order valence-corrected chi connectivity index (χ1v) is 7.29. The molecule has 0 spiro atoms. The van der Waals surface area contributed by atoms with Gasteiger partial charge in [0.2, 0.25) is 0 Å². The fourth-order valence-corrected chi connectivity index (χ4v) is 2.69. The zero-order valence-corrected chi connectivity index (χ0v) is 12.2. The number of nitrogens with zero attached hydrogens (tertiary/aromatic N) is 1. The summed E-state index contributed by atoms with van der Waals surface area (Å²) in [6.45, 7) is 5.13. The number of hydrogen-bond acceptors (Lipinski definition) is 3. The standard InChI is InChI=1S/C15H21F2N3O/c1-2-5-20-6-3-10(4-7-20)19-14-8-11(15(18)21)12(16)9-13(14)17/h8-10,19H,2-7H2,1H3,(H2,18,21). The van der Waals surface area contributed by atoms with E-state index in [2.05, 4.69) is 17.1 Å². The van der Waals surface area contributed by atoms with Crippen molar-refractivity contribution < 1.29 is 13.6 Å². The van der Waals surface area contributed by atoms with Crippen molar-refractivity contribution in [2.45, 2.75) is 32.2 Å². The Hall–Kier alpha value is -1.69. The van der Waals surface area contributed by atoms with Crippen LogP contribution in [0.25, 0.3) is 0 Å². The summed E-state index contributed by atoms with van der Waals surface area (Å²) in [6, 6.07) is 1.99. The molecule has 6 heteroatoms. The molecule has 0 atom stereocenters. The van der Waals surface area contributed by atoms with Crippen LogP contribution >= 0.6 is 0 Å². The predicted octanol–water partition coefficient (Wildman–Crippen LogP) is 2.35. The maximum absolute atomic E-state index is 13.8. The number of primary amides is 1.